The van der Waals surface area contributed by atoms with E-state index in [-0.39, 0.29) is 23.0 Å². The minimum Gasteiger partial charge on any atom is -0.459 e. The van der Waals surface area contributed by atoms with Crippen molar-refractivity contribution in [2.24, 2.45) is 0 Å². The summed E-state index contributed by atoms with van der Waals surface area (Å²) in [6.45, 7) is 0.182. The maximum Gasteiger partial charge on any atom is 0.287 e. The zero-order valence-electron chi connectivity index (χ0n) is 19.2. The van der Waals surface area contributed by atoms with Gasteiger partial charge in [0, 0.05) is 29.4 Å². The molecule has 0 fully saturated rings. The van der Waals surface area contributed by atoms with Crippen molar-refractivity contribution in [3.05, 3.63) is 126 Å². The molecule has 0 radical (unpaired) electrons. The lowest BCUT2D eigenvalue weighted by molar-refractivity contribution is 0.0922. The first kappa shape index (κ1) is 23.3. The number of sulfone groups is 1. The number of hydrogen-bond acceptors (Lipinski definition) is 5. The quantitative estimate of drug-likeness (QED) is 0.324. The number of hydrogen-bond donors (Lipinski definition) is 1. The number of para-hydroxylation sites is 1. The van der Waals surface area contributed by atoms with Gasteiger partial charge in [0.25, 0.3) is 5.91 Å². The molecule has 0 spiro atoms. The van der Waals surface area contributed by atoms with Crippen LogP contribution in [0.25, 0.3) is 16.9 Å². The van der Waals surface area contributed by atoms with Crippen molar-refractivity contribution in [3.63, 3.8) is 0 Å². The molecule has 0 atom stereocenters. The summed E-state index contributed by atoms with van der Waals surface area (Å²) in [5, 5.41) is 7.62. The molecule has 1 N–H and O–H groups in total. The highest BCUT2D eigenvalue weighted by molar-refractivity contribution is 7.90. The Kier molecular flexibility index (Phi) is 6.51. The summed E-state index contributed by atoms with van der Waals surface area (Å²) in [6.07, 6.45) is 3.20. The third-order valence-corrected chi connectivity index (χ3v) is 7.38. The van der Waals surface area contributed by atoms with Crippen LogP contribution in [0.4, 0.5) is 0 Å². The lowest BCUT2D eigenvalue weighted by Crippen LogP contribution is -2.24. The largest absolute Gasteiger partial charge is 0.459 e. The smallest absolute Gasteiger partial charge is 0.287 e. The van der Waals surface area contributed by atoms with Crippen molar-refractivity contribution in [2.75, 3.05) is 0 Å². The van der Waals surface area contributed by atoms with Crippen molar-refractivity contribution < 1.29 is 17.6 Å². The Morgan fingerprint density at radius 1 is 0.833 bits per heavy atom. The van der Waals surface area contributed by atoms with E-state index in [1.807, 2.05) is 66.9 Å². The molecule has 0 saturated heterocycles. The van der Waals surface area contributed by atoms with Crippen LogP contribution in [-0.2, 0) is 22.1 Å². The van der Waals surface area contributed by atoms with Crippen molar-refractivity contribution in [2.45, 2.75) is 17.2 Å². The summed E-state index contributed by atoms with van der Waals surface area (Å²) in [5.41, 5.74) is 3.67. The fraction of sp³-hybridized carbons (Fsp3) is 0.0714. The van der Waals surface area contributed by atoms with Crippen LogP contribution in [0.3, 0.4) is 0 Å². The van der Waals surface area contributed by atoms with Crippen LogP contribution in [0.15, 0.2) is 119 Å². The molecule has 2 heterocycles. The maximum atomic E-state index is 13.0. The number of carbonyl (C=O) groups excluding carboxylic acids is 1. The van der Waals surface area contributed by atoms with Crippen molar-refractivity contribution in [1.82, 2.24) is 15.1 Å². The summed E-state index contributed by atoms with van der Waals surface area (Å²) in [6, 6.07) is 29.1. The molecule has 1 amide bonds. The van der Waals surface area contributed by atoms with Crippen LogP contribution in [-0.4, -0.2) is 24.1 Å². The Balaban J connectivity index is 1.38. The highest BCUT2D eigenvalue weighted by atomic mass is 32.2. The maximum absolute atomic E-state index is 13.0. The highest BCUT2D eigenvalue weighted by Gasteiger charge is 2.23. The van der Waals surface area contributed by atoms with Gasteiger partial charge in [-0.1, -0.05) is 66.7 Å². The molecular formula is C28H23N3O4S. The zero-order valence-corrected chi connectivity index (χ0v) is 20.1. The molecule has 3 aromatic carbocycles. The van der Waals surface area contributed by atoms with E-state index in [2.05, 4.69) is 5.32 Å². The van der Waals surface area contributed by atoms with E-state index >= 15 is 0 Å². The fourth-order valence-electron chi connectivity index (χ4n) is 3.91. The Morgan fingerprint density at radius 2 is 1.47 bits per heavy atom. The number of benzene rings is 3. The Bertz CT molecular complexity index is 1580. The van der Waals surface area contributed by atoms with Gasteiger partial charge in [0.05, 0.1) is 28.3 Å². The highest BCUT2D eigenvalue weighted by Crippen LogP contribution is 2.24. The Morgan fingerprint density at radius 3 is 2.17 bits per heavy atom. The predicted octanol–water partition coefficient (Wildman–Crippen LogP) is 5.04. The van der Waals surface area contributed by atoms with E-state index in [0.717, 1.165) is 22.5 Å². The number of aromatic nitrogens is 2. The van der Waals surface area contributed by atoms with Gasteiger partial charge in [0.2, 0.25) is 0 Å². The van der Waals surface area contributed by atoms with Crippen LogP contribution in [0, 0.1) is 0 Å². The predicted molar refractivity (Wildman–Crippen MR) is 136 cm³/mol. The number of amides is 1. The molecule has 0 aliphatic heterocycles. The van der Waals surface area contributed by atoms with E-state index in [4.69, 9.17) is 9.52 Å². The summed E-state index contributed by atoms with van der Waals surface area (Å²) >= 11 is 0. The number of rotatable bonds is 8. The summed E-state index contributed by atoms with van der Waals surface area (Å²) in [7, 11) is -3.63. The Labute approximate surface area is 208 Å². The van der Waals surface area contributed by atoms with Crippen LogP contribution in [0.2, 0.25) is 0 Å². The average Bonchev–Trinajstić information content (AvgIpc) is 3.56. The molecule has 36 heavy (non-hydrogen) atoms. The fourth-order valence-corrected chi connectivity index (χ4v) is 5.29. The van der Waals surface area contributed by atoms with E-state index in [9.17, 15) is 13.2 Å². The Hall–Kier alpha value is -4.43. The normalized spacial score (nSPS) is 11.3. The number of furan rings is 1. The van der Waals surface area contributed by atoms with Crippen molar-refractivity contribution in [3.8, 4) is 16.9 Å². The van der Waals surface area contributed by atoms with Gasteiger partial charge in [-0.3, -0.25) is 4.79 Å². The topological polar surface area (TPSA) is 94.2 Å². The minimum atomic E-state index is -3.63. The second kappa shape index (κ2) is 10.1. The van der Waals surface area contributed by atoms with E-state index in [0.29, 0.717) is 5.56 Å². The van der Waals surface area contributed by atoms with Gasteiger partial charge >= 0.3 is 0 Å². The van der Waals surface area contributed by atoms with Crippen LogP contribution >= 0.6 is 0 Å². The average molecular weight is 498 g/mol. The molecule has 0 aliphatic carbocycles. The third kappa shape index (κ3) is 4.99. The second-order valence-electron chi connectivity index (χ2n) is 8.18. The second-order valence-corrected chi connectivity index (χ2v) is 10.2. The van der Waals surface area contributed by atoms with Crippen LogP contribution < -0.4 is 5.32 Å². The first-order chi connectivity index (χ1) is 17.5. The number of carbonyl (C=O) groups is 1. The molecule has 2 aromatic heterocycles. The van der Waals surface area contributed by atoms with Gasteiger partial charge in [-0.15, -0.1) is 0 Å². The van der Waals surface area contributed by atoms with Crippen molar-refractivity contribution >= 4 is 15.7 Å². The first-order valence-corrected chi connectivity index (χ1v) is 13.0. The van der Waals surface area contributed by atoms with Crippen LogP contribution in [0.1, 0.15) is 21.7 Å². The molecule has 8 heteroatoms. The van der Waals surface area contributed by atoms with Gasteiger partial charge in [-0.25, -0.2) is 13.1 Å². The van der Waals surface area contributed by atoms with Gasteiger partial charge in [0.15, 0.2) is 15.6 Å². The van der Waals surface area contributed by atoms with Crippen LogP contribution in [0.5, 0.6) is 0 Å². The summed E-state index contributed by atoms with van der Waals surface area (Å²) in [5.74, 6) is -0.853. The number of nitrogens with one attached hydrogen (secondary N) is 1. The summed E-state index contributed by atoms with van der Waals surface area (Å²) in [4.78, 5) is 13.2. The molecular weight excluding hydrogens is 474 g/mol. The standard InChI is InChI=1S/C28H23N3O4S/c32-28(27-22(16-17-35-27)20-36(33,34)25-14-8-3-9-15-25)29-18-23-19-31(24-12-6-2-7-13-24)30-26(23)21-10-4-1-5-11-21/h1-17,19H,18,20H2,(H,29,32). The van der Waals surface area contributed by atoms with E-state index in [1.165, 1.54) is 24.5 Å². The molecule has 5 aromatic rings. The molecule has 0 bridgehead atoms. The molecule has 5 rings (SSSR count). The van der Waals surface area contributed by atoms with Gasteiger partial charge in [0.1, 0.15) is 0 Å². The molecule has 0 aliphatic rings. The third-order valence-electron chi connectivity index (χ3n) is 5.70. The molecule has 0 saturated carbocycles. The monoisotopic (exact) mass is 497 g/mol. The van der Waals surface area contributed by atoms with Gasteiger partial charge < -0.3 is 9.73 Å². The lowest BCUT2D eigenvalue weighted by atomic mass is 10.1. The first-order valence-electron chi connectivity index (χ1n) is 11.3. The van der Waals surface area contributed by atoms with Gasteiger partial charge in [-0.05, 0) is 30.3 Å². The SMILES string of the molecule is O=C(NCc1cn(-c2ccccc2)nc1-c1ccccc1)c1occc1CS(=O)(=O)c1ccccc1. The zero-order chi connectivity index (χ0) is 25.0. The minimum absolute atomic E-state index is 0.0220. The molecule has 0 unspecified atom stereocenters. The molecule has 180 valence electrons. The van der Waals surface area contributed by atoms with Gasteiger partial charge in [-0.2, -0.15) is 5.10 Å². The van der Waals surface area contributed by atoms with E-state index in [1.54, 1.807) is 22.9 Å². The lowest BCUT2D eigenvalue weighted by Gasteiger charge is -2.07. The van der Waals surface area contributed by atoms with Crippen molar-refractivity contribution in [1.29, 1.82) is 0 Å². The molecule has 7 nitrogen and oxygen atoms in total. The summed E-state index contributed by atoms with van der Waals surface area (Å²) < 4.78 is 32.8. The number of nitrogens with zero attached hydrogens (tertiary/aromatic N) is 2. The van der Waals surface area contributed by atoms with E-state index < -0.39 is 15.7 Å².